The first-order valence-electron chi connectivity index (χ1n) is 4.39. The molecule has 0 bridgehead atoms. The van der Waals surface area contributed by atoms with E-state index in [4.69, 9.17) is 0 Å². The lowest BCUT2D eigenvalue weighted by Crippen LogP contribution is -1.79. The lowest BCUT2D eigenvalue weighted by molar-refractivity contribution is 0.111. The van der Waals surface area contributed by atoms with Gasteiger partial charge in [0.05, 0.1) is 16.7 Å². The van der Waals surface area contributed by atoms with E-state index in [1.54, 1.807) is 16.7 Å². The first-order chi connectivity index (χ1) is 7.28. The quantitative estimate of drug-likeness (QED) is 0.613. The molecule has 0 saturated heterocycles. The zero-order valence-electron chi connectivity index (χ0n) is 7.57. The van der Waals surface area contributed by atoms with E-state index in [0.29, 0.717) is 23.3 Å². The third-order valence-electron chi connectivity index (χ3n) is 2.30. The molecule has 0 unspecified atom stereocenters. The van der Waals surface area contributed by atoms with Crippen molar-refractivity contribution < 1.29 is 9.18 Å². The molecule has 0 radical (unpaired) electrons. The number of aromatic amines is 1. The molecule has 4 nitrogen and oxygen atoms in total. The molecular weight excluding hydrogens is 197 g/mol. The van der Waals surface area contributed by atoms with Gasteiger partial charge >= 0.3 is 0 Å². The number of aromatic nitrogens is 3. The lowest BCUT2D eigenvalue weighted by atomic mass is 10.3. The number of aldehydes is 1. The van der Waals surface area contributed by atoms with Crippen LogP contribution in [0.15, 0.2) is 24.4 Å². The van der Waals surface area contributed by atoms with Crippen LogP contribution in [0.4, 0.5) is 4.39 Å². The molecule has 0 aliphatic rings. The maximum atomic E-state index is 12.9. The van der Waals surface area contributed by atoms with Crippen LogP contribution in [0.1, 0.15) is 10.5 Å². The average molecular weight is 203 g/mol. The Morgan fingerprint density at radius 1 is 1.47 bits per heavy atom. The molecular formula is C10H6FN3O. The van der Waals surface area contributed by atoms with Crippen molar-refractivity contribution in [2.24, 2.45) is 0 Å². The molecule has 0 spiro atoms. The van der Waals surface area contributed by atoms with Crippen LogP contribution in [0.25, 0.3) is 16.8 Å². The Hall–Kier alpha value is -2.17. The van der Waals surface area contributed by atoms with Gasteiger partial charge in [-0.15, -0.1) is 0 Å². The van der Waals surface area contributed by atoms with E-state index in [0.717, 1.165) is 5.52 Å². The van der Waals surface area contributed by atoms with Gasteiger partial charge in [-0.3, -0.25) is 9.20 Å². The second-order valence-electron chi connectivity index (χ2n) is 3.27. The second-order valence-corrected chi connectivity index (χ2v) is 3.27. The highest BCUT2D eigenvalue weighted by Gasteiger charge is 2.07. The molecule has 3 aromatic rings. The summed E-state index contributed by atoms with van der Waals surface area (Å²) in [5.74, 6) is 0.219. The number of hydrogen-bond donors (Lipinski definition) is 1. The summed E-state index contributed by atoms with van der Waals surface area (Å²) in [6.45, 7) is 0. The van der Waals surface area contributed by atoms with Gasteiger partial charge in [0.1, 0.15) is 5.82 Å². The molecule has 0 amide bonds. The standard InChI is InChI=1S/C10H6FN3O/c11-6-1-2-9-8(3-6)13-10-12-7(5-15)4-14(9)10/h1-5H,(H,12,13). The topological polar surface area (TPSA) is 50.2 Å². The summed E-state index contributed by atoms with van der Waals surface area (Å²) in [5.41, 5.74) is 1.79. The number of nitrogens with one attached hydrogen (secondary N) is 1. The fourth-order valence-corrected chi connectivity index (χ4v) is 1.65. The summed E-state index contributed by atoms with van der Waals surface area (Å²) in [5, 5.41) is 0. The van der Waals surface area contributed by atoms with Gasteiger partial charge < -0.3 is 4.98 Å². The average Bonchev–Trinajstić information content (AvgIpc) is 2.73. The third kappa shape index (κ3) is 1.06. The Morgan fingerprint density at radius 2 is 2.33 bits per heavy atom. The highest BCUT2D eigenvalue weighted by molar-refractivity contribution is 5.82. The summed E-state index contributed by atoms with van der Waals surface area (Å²) < 4.78 is 14.6. The molecule has 0 saturated carbocycles. The van der Waals surface area contributed by atoms with Crippen LogP contribution in [-0.4, -0.2) is 20.7 Å². The minimum atomic E-state index is -0.320. The summed E-state index contributed by atoms with van der Waals surface area (Å²) in [6, 6.07) is 4.36. The molecule has 0 atom stereocenters. The molecule has 0 fully saturated rings. The van der Waals surface area contributed by atoms with E-state index in [1.165, 1.54) is 12.1 Å². The second kappa shape index (κ2) is 2.66. The fourth-order valence-electron chi connectivity index (χ4n) is 1.65. The van der Waals surface area contributed by atoms with Crippen LogP contribution in [0, 0.1) is 5.82 Å². The lowest BCUT2D eigenvalue weighted by Gasteiger charge is -1.89. The third-order valence-corrected chi connectivity index (χ3v) is 2.30. The number of H-pyrrole nitrogens is 1. The number of benzene rings is 1. The van der Waals surface area contributed by atoms with Crippen LogP contribution in [0.2, 0.25) is 0 Å². The smallest absolute Gasteiger partial charge is 0.212 e. The maximum absolute atomic E-state index is 12.9. The van der Waals surface area contributed by atoms with E-state index in [1.807, 2.05) is 0 Å². The summed E-state index contributed by atoms with van der Waals surface area (Å²) in [6.07, 6.45) is 2.35. The Labute approximate surface area is 83.4 Å². The van der Waals surface area contributed by atoms with Gasteiger partial charge in [0.15, 0.2) is 6.29 Å². The highest BCUT2D eigenvalue weighted by atomic mass is 19.1. The van der Waals surface area contributed by atoms with Gasteiger partial charge in [-0.05, 0) is 12.1 Å². The number of imidazole rings is 2. The maximum Gasteiger partial charge on any atom is 0.212 e. The predicted molar refractivity (Wildman–Crippen MR) is 52.4 cm³/mol. The van der Waals surface area contributed by atoms with Crippen molar-refractivity contribution in [2.75, 3.05) is 0 Å². The Balaban J connectivity index is 2.45. The highest BCUT2D eigenvalue weighted by Crippen LogP contribution is 2.17. The normalized spacial score (nSPS) is 11.3. The van der Waals surface area contributed by atoms with E-state index in [2.05, 4.69) is 9.97 Å². The summed E-state index contributed by atoms with van der Waals surface area (Å²) >= 11 is 0. The monoisotopic (exact) mass is 203 g/mol. The molecule has 74 valence electrons. The largest absolute Gasteiger partial charge is 0.321 e. The van der Waals surface area contributed by atoms with Gasteiger partial charge in [0.25, 0.3) is 0 Å². The van der Waals surface area contributed by atoms with Crippen molar-refractivity contribution in [3.05, 3.63) is 35.9 Å². The van der Waals surface area contributed by atoms with E-state index >= 15 is 0 Å². The zero-order chi connectivity index (χ0) is 10.4. The molecule has 2 aromatic heterocycles. The molecule has 1 aromatic carbocycles. The molecule has 0 aliphatic carbocycles. The van der Waals surface area contributed by atoms with Crippen LogP contribution < -0.4 is 0 Å². The minimum Gasteiger partial charge on any atom is -0.321 e. The van der Waals surface area contributed by atoms with Crippen LogP contribution in [0.3, 0.4) is 0 Å². The van der Waals surface area contributed by atoms with Crippen molar-refractivity contribution in [3.63, 3.8) is 0 Å². The van der Waals surface area contributed by atoms with Crippen molar-refractivity contribution >= 4 is 23.1 Å². The fraction of sp³-hybridized carbons (Fsp3) is 0. The molecule has 5 heteroatoms. The molecule has 15 heavy (non-hydrogen) atoms. The molecule has 3 rings (SSSR count). The van der Waals surface area contributed by atoms with E-state index in [-0.39, 0.29) is 5.82 Å². The Morgan fingerprint density at radius 3 is 3.13 bits per heavy atom. The first kappa shape index (κ1) is 8.16. The molecule has 2 heterocycles. The summed E-state index contributed by atoms with van der Waals surface area (Å²) in [7, 11) is 0. The predicted octanol–water partition coefficient (Wildman–Crippen LogP) is 1.77. The van der Waals surface area contributed by atoms with Crippen molar-refractivity contribution in [1.29, 1.82) is 0 Å². The summed E-state index contributed by atoms with van der Waals surface area (Å²) in [4.78, 5) is 17.5. The zero-order valence-corrected chi connectivity index (χ0v) is 7.57. The van der Waals surface area contributed by atoms with Gasteiger partial charge in [0, 0.05) is 12.3 Å². The number of hydrogen-bond acceptors (Lipinski definition) is 2. The van der Waals surface area contributed by atoms with Gasteiger partial charge in [-0.25, -0.2) is 9.37 Å². The number of carbonyl (C=O) groups is 1. The number of nitrogens with zero attached hydrogens (tertiary/aromatic N) is 2. The van der Waals surface area contributed by atoms with E-state index in [9.17, 15) is 9.18 Å². The van der Waals surface area contributed by atoms with Crippen LogP contribution in [0.5, 0.6) is 0 Å². The van der Waals surface area contributed by atoms with Crippen molar-refractivity contribution in [3.8, 4) is 0 Å². The Bertz CT molecular complexity index is 668. The molecule has 1 N–H and O–H groups in total. The number of carbonyl (C=O) groups excluding carboxylic acids is 1. The van der Waals surface area contributed by atoms with Gasteiger partial charge in [-0.1, -0.05) is 0 Å². The van der Waals surface area contributed by atoms with E-state index < -0.39 is 0 Å². The van der Waals surface area contributed by atoms with Gasteiger partial charge in [0.2, 0.25) is 5.78 Å². The Kier molecular flexibility index (Phi) is 1.45. The number of halogens is 1. The van der Waals surface area contributed by atoms with Crippen molar-refractivity contribution in [2.45, 2.75) is 0 Å². The van der Waals surface area contributed by atoms with Crippen molar-refractivity contribution in [1.82, 2.24) is 14.4 Å². The number of rotatable bonds is 1. The van der Waals surface area contributed by atoms with Crippen LogP contribution in [-0.2, 0) is 0 Å². The van der Waals surface area contributed by atoms with Crippen LogP contribution >= 0.6 is 0 Å². The number of fused-ring (bicyclic) bond motifs is 3. The SMILES string of the molecule is O=Cc1cn2c(nc3cc(F)ccc32)[nH]1. The first-order valence-corrected chi connectivity index (χ1v) is 4.39. The molecule has 0 aliphatic heterocycles. The minimum absolute atomic E-state index is 0.320. The van der Waals surface area contributed by atoms with Gasteiger partial charge in [-0.2, -0.15) is 0 Å².